The van der Waals surface area contributed by atoms with E-state index in [0.29, 0.717) is 39.6 Å². The molecule has 0 aliphatic rings. The van der Waals surface area contributed by atoms with Crippen LogP contribution in [0.25, 0.3) is 10.3 Å². The molecule has 0 fully saturated rings. The molecule has 0 aliphatic heterocycles. The summed E-state index contributed by atoms with van der Waals surface area (Å²) in [6, 6.07) is 16.0. The van der Waals surface area contributed by atoms with Gasteiger partial charge in [0.25, 0.3) is 11.8 Å². The molecule has 4 aromatic rings. The number of carbonyl (C=O) groups excluding carboxylic acids is 1. The Morgan fingerprint density at radius 3 is 2.42 bits per heavy atom. The van der Waals surface area contributed by atoms with Crippen molar-refractivity contribution in [1.29, 1.82) is 5.26 Å². The first kappa shape index (κ1) is 28.8. The van der Waals surface area contributed by atoms with Crippen LogP contribution in [-0.2, 0) is 19.4 Å². The van der Waals surface area contributed by atoms with Gasteiger partial charge in [0.15, 0.2) is 26.4 Å². The number of rotatable bonds is 12. The number of hydrogen-bond acceptors (Lipinski definition) is 11. The van der Waals surface area contributed by atoms with Gasteiger partial charge in [-0.3, -0.25) is 10.1 Å². The highest BCUT2D eigenvalue weighted by molar-refractivity contribution is 7.91. The summed E-state index contributed by atoms with van der Waals surface area (Å²) in [4.78, 5) is 22.5. The molecule has 4 rings (SSSR count). The maximum atomic E-state index is 13.5. The van der Waals surface area contributed by atoms with Crippen molar-refractivity contribution in [2.45, 2.75) is 17.9 Å². The zero-order chi connectivity index (χ0) is 28.7. The van der Waals surface area contributed by atoms with Crippen molar-refractivity contribution in [3.63, 3.8) is 0 Å². The van der Waals surface area contributed by atoms with Crippen LogP contribution in [-0.4, -0.2) is 57.5 Å². The number of carbonyl (C=O) groups is 1. The second-order valence-electron chi connectivity index (χ2n) is 8.27. The van der Waals surface area contributed by atoms with Gasteiger partial charge in [-0.15, -0.1) is 0 Å². The summed E-state index contributed by atoms with van der Waals surface area (Å²) >= 11 is 1.19. The van der Waals surface area contributed by atoms with E-state index in [1.807, 2.05) is 6.07 Å². The van der Waals surface area contributed by atoms with Crippen molar-refractivity contribution in [2.24, 2.45) is 0 Å². The first-order valence-corrected chi connectivity index (χ1v) is 14.5. The molecule has 0 spiro atoms. The van der Waals surface area contributed by atoms with Crippen molar-refractivity contribution in [3.05, 3.63) is 65.7 Å². The Kier molecular flexibility index (Phi) is 9.15. The van der Waals surface area contributed by atoms with Crippen LogP contribution in [0.15, 0.2) is 59.5 Å². The lowest BCUT2D eigenvalue weighted by molar-refractivity contribution is -0.123. The number of nitrogens with one attached hydrogen (secondary N) is 1. The van der Waals surface area contributed by atoms with E-state index >= 15 is 0 Å². The largest absolute Gasteiger partial charge is 0.491 e. The molecule has 0 aliphatic carbocycles. The molecule has 11 nitrogen and oxygen atoms in total. The fraction of sp³-hybridized carbons (Fsp3) is 0.259. The smallest absolute Gasteiger partial charge is 0.271 e. The number of methoxy groups -OCH3 is 2. The number of sulfone groups is 1. The number of anilines is 1. The van der Waals surface area contributed by atoms with Gasteiger partial charge in [-0.2, -0.15) is 15.2 Å². The number of nitriles is 1. The van der Waals surface area contributed by atoms with E-state index in [0.717, 1.165) is 0 Å². The van der Waals surface area contributed by atoms with Crippen molar-refractivity contribution < 1.29 is 32.2 Å². The number of fused-ring (bicyclic) bond motifs is 1. The van der Waals surface area contributed by atoms with Gasteiger partial charge in [0.05, 0.1) is 40.7 Å². The van der Waals surface area contributed by atoms with Crippen LogP contribution < -0.4 is 19.5 Å². The van der Waals surface area contributed by atoms with Gasteiger partial charge in [0, 0.05) is 18.7 Å². The van der Waals surface area contributed by atoms with Gasteiger partial charge >= 0.3 is 0 Å². The Morgan fingerprint density at radius 1 is 1.07 bits per heavy atom. The quantitative estimate of drug-likeness (QED) is 0.241. The normalized spacial score (nSPS) is 11.9. The Hall–Kier alpha value is -4.25. The average Bonchev–Trinajstić information content (AvgIpc) is 3.36. The third kappa shape index (κ3) is 6.66. The van der Waals surface area contributed by atoms with E-state index in [9.17, 15) is 13.2 Å². The third-order valence-corrected chi connectivity index (χ3v) is 8.35. The molecular weight excluding hydrogens is 556 g/mol. The molecular formula is C27H26N4O7S2. The molecule has 2 aromatic heterocycles. The summed E-state index contributed by atoms with van der Waals surface area (Å²) in [5, 5.41) is 12.1. The van der Waals surface area contributed by atoms with E-state index in [4.69, 9.17) is 24.2 Å². The van der Waals surface area contributed by atoms with E-state index < -0.39 is 21.8 Å². The van der Waals surface area contributed by atoms with Crippen LogP contribution in [0.5, 0.6) is 17.4 Å². The van der Waals surface area contributed by atoms with E-state index in [2.05, 4.69) is 15.3 Å². The van der Waals surface area contributed by atoms with Gasteiger partial charge in [0.2, 0.25) is 6.10 Å². The lowest BCUT2D eigenvalue weighted by atomic mass is 10.1. The van der Waals surface area contributed by atoms with Crippen molar-refractivity contribution in [2.75, 3.05) is 38.5 Å². The van der Waals surface area contributed by atoms with Crippen LogP contribution in [0.3, 0.4) is 0 Å². The third-order valence-electron chi connectivity index (χ3n) is 5.69. The minimum atomic E-state index is -3.42. The Labute approximate surface area is 235 Å². The van der Waals surface area contributed by atoms with Crippen LogP contribution in [0.1, 0.15) is 24.2 Å². The summed E-state index contributed by atoms with van der Waals surface area (Å²) < 4.78 is 47.2. The van der Waals surface area contributed by atoms with Crippen molar-refractivity contribution in [1.82, 2.24) is 9.97 Å². The van der Waals surface area contributed by atoms with Crippen molar-refractivity contribution in [3.8, 4) is 23.4 Å². The summed E-state index contributed by atoms with van der Waals surface area (Å²) in [6.45, 7) is 2.20. The van der Waals surface area contributed by atoms with E-state index in [1.54, 1.807) is 44.4 Å². The molecule has 1 atom stereocenters. The van der Waals surface area contributed by atoms with Gasteiger partial charge in [-0.1, -0.05) is 30.4 Å². The van der Waals surface area contributed by atoms with Crippen LogP contribution in [0.4, 0.5) is 5.13 Å². The molecule has 1 N–H and O–H groups in total. The molecule has 2 aromatic carbocycles. The molecule has 2 heterocycles. The maximum Gasteiger partial charge on any atom is 0.271 e. The molecule has 0 radical (unpaired) electrons. The number of nitrogens with zero attached hydrogens (tertiary/aromatic N) is 3. The monoisotopic (exact) mass is 582 g/mol. The lowest BCUT2D eigenvalue weighted by Crippen LogP contribution is -2.25. The predicted molar refractivity (Wildman–Crippen MR) is 149 cm³/mol. The predicted octanol–water partition coefficient (Wildman–Crippen LogP) is 4.15. The number of pyridine rings is 1. The zero-order valence-corrected chi connectivity index (χ0v) is 23.5. The molecule has 208 valence electrons. The minimum absolute atomic E-state index is 0.0480. The molecule has 0 saturated carbocycles. The topological polar surface area (TPSA) is 150 Å². The number of benzene rings is 2. The van der Waals surface area contributed by atoms with Gasteiger partial charge in [-0.25, -0.2) is 8.42 Å². The van der Waals surface area contributed by atoms with Gasteiger partial charge in [0.1, 0.15) is 12.4 Å². The highest BCUT2D eigenvalue weighted by Gasteiger charge is 2.25. The fourth-order valence-electron chi connectivity index (χ4n) is 3.56. The van der Waals surface area contributed by atoms with E-state index in [-0.39, 0.29) is 28.3 Å². The Balaban J connectivity index is 1.63. The lowest BCUT2D eigenvalue weighted by Gasteiger charge is -2.19. The standard InChI is InChI=1S/C27H26N4O7S2/c1-4-40(33,34)20-11-7-18(8-12-20)23(38-19-9-5-17(16-28)6-10-19)25(32)31-27-30-24-22(39-27)15-21(36-3)26(29-24)37-14-13-35-2/h5-12,15,23H,4,13-14H2,1-3H3,(H,29,30,31,32). The molecule has 1 amide bonds. The van der Waals surface area contributed by atoms with Crippen LogP contribution in [0, 0.1) is 11.3 Å². The highest BCUT2D eigenvalue weighted by Crippen LogP contribution is 2.34. The summed E-state index contributed by atoms with van der Waals surface area (Å²) in [6.07, 6.45) is -1.16. The fourth-order valence-corrected chi connectivity index (χ4v) is 5.28. The molecule has 13 heteroatoms. The second-order valence-corrected chi connectivity index (χ2v) is 11.6. The molecule has 0 saturated heterocycles. The second kappa shape index (κ2) is 12.7. The first-order chi connectivity index (χ1) is 19.3. The van der Waals surface area contributed by atoms with E-state index in [1.165, 1.54) is 42.7 Å². The summed E-state index contributed by atoms with van der Waals surface area (Å²) in [5.41, 5.74) is 1.21. The molecule has 0 bridgehead atoms. The Morgan fingerprint density at radius 2 is 1.80 bits per heavy atom. The van der Waals surface area contributed by atoms with Crippen molar-refractivity contribution >= 4 is 42.6 Å². The van der Waals surface area contributed by atoms with Crippen LogP contribution in [0.2, 0.25) is 0 Å². The number of hydrogen-bond donors (Lipinski definition) is 1. The summed E-state index contributed by atoms with van der Waals surface area (Å²) in [7, 11) is -0.363. The maximum absolute atomic E-state index is 13.5. The number of aromatic nitrogens is 2. The van der Waals surface area contributed by atoms with Gasteiger partial charge < -0.3 is 18.9 Å². The van der Waals surface area contributed by atoms with Crippen LogP contribution >= 0.6 is 11.3 Å². The minimum Gasteiger partial charge on any atom is -0.491 e. The Bertz CT molecular complexity index is 1630. The SMILES string of the molecule is CCS(=O)(=O)c1ccc(C(Oc2ccc(C#N)cc2)C(=O)Nc2nc3nc(OCCOC)c(OC)cc3s2)cc1. The number of amides is 1. The van der Waals surface area contributed by atoms with Gasteiger partial charge in [-0.05, 0) is 36.4 Å². The molecule has 40 heavy (non-hydrogen) atoms. The first-order valence-electron chi connectivity index (χ1n) is 12.1. The number of ether oxygens (including phenoxy) is 4. The zero-order valence-electron chi connectivity index (χ0n) is 21.9. The highest BCUT2D eigenvalue weighted by atomic mass is 32.2. The average molecular weight is 583 g/mol. The molecule has 1 unspecified atom stereocenters. The number of thiazole rings is 1. The summed E-state index contributed by atoms with van der Waals surface area (Å²) in [5.74, 6) is 0.415.